The summed E-state index contributed by atoms with van der Waals surface area (Å²) < 4.78 is 2.02. The van der Waals surface area contributed by atoms with E-state index in [0.29, 0.717) is 18.6 Å². The van der Waals surface area contributed by atoms with E-state index in [0.717, 1.165) is 23.5 Å². The highest BCUT2D eigenvalue weighted by atomic mass is 127. The molecular formula is C19H35IN6. The van der Waals surface area contributed by atoms with Crippen LogP contribution >= 0.6 is 24.0 Å². The highest BCUT2D eigenvalue weighted by Crippen LogP contribution is 2.26. The minimum absolute atomic E-state index is 0. The van der Waals surface area contributed by atoms with E-state index in [-0.39, 0.29) is 24.0 Å². The van der Waals surface area contributed by atoms with E-state index in [1.54, 1.807) is 0 Å². The molecule has 2 N–H and O–H groups in total. The van der Waals surface area contributed by atoms with Crippen molar-refractivity contribution in [1.82, 2.24) is 25.4 Å². The molecule has 0 bridgehead atoms. The third-order valence-corrected chi connectivity index (χ3v) is 6.02. The second-order valence-corrected chi connectivity index (χ2v) is 7.78. The third-order valence-electron chi connectivity index (χ3n) is 6.02. The maximum Gasteiger partial charge on any atom is 0.192 e. The number of rotatable bonds is 5. The molecule has 6 nitrogen and oxygen atoms in total. The summed E-state index contributed by atoms with van der Waals surface area (Å²) in [7, 11) is 2.00. The van der Waals surface area contributed by atoms with Crippen molar-refractivity contribution >= 4 is 29.9 Å². The molecule has 0 atom stereocenters. The molecule has 1 aromatic rings. The Morgan fingerprint density at radius 1 is 1.04 bits per heavy atom. The van der Waals surface area contributed by atoms with Gasteiger partial charge in [0, 0.05) is 19.1 Å². The van der Waals surface area contributed by atoms with Gasteiger partial charge in [-0.1, -0.05) is 26.2 Å². The lowest BCUT2D eigenvalue weighted by molar-refractivity contribution is 0.303. The first-order chi connectivity index (χ1) is 12.2. The van der Waals surface area contributed by atoms with E-state index in [9.17, 15) is 0 Å². The first-order valence-corrected chi connectivity index (χ1v) is 10.1. The van der Waals surface area contributed by atoms with Crippen molar-refractivity contribution in [2.45, 2.75) is 90.3 Å². The van der Waals surface area contributed by atoms with Crippen LogP contribution in [-0.2, 0) is 13.6 Å². The summed E-state index contributed by atoms with van der Waals surface area (Å²) in [5.41, 5.74) is 0. The highest BCUT2D eigenvalue weighted by molar-refractivity contribution is 14.0. The maximum absolute atomic E-state index is 4.84. The Hall–Kier alpha value is -0.860. The fraction of sp³-hybridized carbons (Fsp3) is 0.842. The molecule has 148 valence electrons. The molecule has 2 fully saturated rings. The quantitative estimate of drug-likeness (QED) is 0.388. The Labute approximate surface area is 175 Å². The van der Waals surface area contributed by atoms with Crippen LogP contribution in [0.5, 0.6) is 0 Å². The molecule has 0 radical (unpaired) electrons. The van der Waals surface area contributed by atoms with Gasteiger partial charge in [-0.15, -0.1) is 34.2 Å². The molecule has 0 saturated heterocycles. The van der Waals surface area contributed by atoms with Gasteiger partial charge in [0.1, 0.15) is 12.4 Å². The van der Waals surface area contributed by atoms with Gasteiger partial charge in [-0.2, -0.15) is 0 Å². The number of aryl methyl sites for hydroxylation is 1. The topological polar surface area (TPSA) is 67.1 Å². The molecule has 26 heavy (non-hydrogen) atoms. The van der Waals surface area contributed by atoms with Gasteiger partial charge < -0.3 is 15.2 Å². The van der Waals surface area contributed by atoms with Gasteiger partial charge in [-0.3, -0.25) is 0 Å². The number of guanidine groups is 1. The summed E-state index contributed by atoms with van der Waals surface area (Å²) in [5, 5.41) is 15.7. The number of halogens is 1. The monoisotopic (exact) mass is 474 g/mol. The van der Waals surface area contributed by atoms with Crippen LogP contribution in [0.25, 0.3) is 0 Å². The van der Waals surface area contributed by atoms with Crippen molar-refractivity contribution in [3.05, 3.63) is 11.6 Å². The number of hydrogen-bond acceptors (Lipinski definition) is 3. The van der Waals surface area contributed by atoms with Gasteiger partial charge in [0.05, 0.1) is 0 Å². The average Bonchev–Trinajstić information content (AvgIpc) is 3.25. The first kappa shape index (κ1) is 21.4. The average molecular weight is 474 g/mol. The lowest BCUT2D eigenvalue weighted by Crippen LogP contribution is -2.47. The van der Waals surface area contributed by atoms with E-state index in [1.807, 2.05) is 18.5 Å². The molecule has 1 heterocycles. The molecule has 0 amide bonds. The van der Waals surface area contributed by atoms with Crippen LogP contribution in [0.1, 0.15) is 76.4 Å². The van der Waals surface area contributed by atoms with Crippen LogP contribution in [0.4, 0.5) is 0 Å². The summed E-state index contributed by atoms with van der Waals surface area (Å²) in [6, 6.07) is 1.12. The van der Waals surface area contributed by atoms with Gasteiger partial charge >= 0.3 is 0 Å². The number of aliphatic imine (C=N–C) groups is 1. The zero-order valence-corrected chi connectivity index (χ0v) is 18.8. The second kappa shape index (κ2) is 10.5. The van der Waals surface area contributed by atoms with Crippen molar-refractivity contribution in [3.63, 3.8) is 0 Å². The Morgan fingerprint density at radius 2 is 1.65 bits per heavy atom. The number of aromatic nitrogens is 3. The van der Waals surface area contributed by atoms with Crippen molar-refractivity contribution in [2.24, 2.45) is 18.0 Å². The van der Waals surface area contributed by atoms with Crippen molar-refractivity contribution in [3.8, 4) is 0 Å². The zero-order chi connectivity index (χ0) is 17.6. The largest absolute Gasteiger partial charge is 0.354 e. The van der Waals surface area contributed by atoms with Gasteiger partial charge in [-0.05, 0) is 51.4 Å². The lowest BCUT2D eigenvalue weighted by atomic mass is 9.84. The summed E-state index contributed by atoms with van der Waals surface area (Å²) in [6.45, 7) is 4.86. The number of hydrogen-bond donors (Lipinski definition) is 2. The van der Waals surface area contributed by atoms with Gasteiger partial charge in [-0.25, -0.2) is 4.99 Å². The Kier molecular flexibility index (Phi) is 8.63. The Morgan fingerprint density at radius 3 is 2.19 bits per heavy atom. The van der Waals surface area contributed by atoms with Gasteiger partial charge in [0.25, 0.3) is 0 Å². The highest BCUT2D eigenvalue weighted by Gasteiger charge is 2.22. The summed E-state index contributed by atoms with van der Waals surface area (Å²) in [5.74, 6) is 3.73. The lowest BCUT2D eigenvalue weighted by Gasteiger charge is -2.30. The predicted octanol–water partition coefficient (Wildman–Crippen LogP) is 3.69. The normalized spacial score (nSPS) is 24.3. The third kappa shape index (κ3) is 5.82. The van der Waals surface area contributed by atoms with Crippen molar-refractivity contribution in [1.29, 1.82) is 0 Å². The predicted molar refractivity (Wildman–Crippen MR) is 117 cm³/mol. The van der Waals surface area contributed by atoms with Crippen LogP contribution < -0.4 is 10.6 Å². The van der Waals surface area contributed by atoms with Crippen LogP contribution in [0.15, 0.2) is 4.99 Å². The molecule has 2 saturated carbocycles. The summed E-state index contributed by atoms with van der Waals surface area (Å²) in [6.07, 6.45) is 11.7. The van der Waals surface area contributed by atoms with E-state index in [2.05, 4.69) is 27.8 Å². The minimum atomic E-state index is 0. The van der Waals surface area contributed by atoms with E-state index in [1.165, 1.54) is 57.8 Å². The molecule has 2 aliphatic rings. The van der Waals surface area contributed by atoms with Crippen LogP contribution in [0.2, 0.25) is 0 Å². The first-order valence-electron chi connectivity index (χ1n) is 10.1. The molecule has 0 spiro atoms. The summed E-state index contributed by atoms with van der Waals surface area (Å²) >= 11 is 0. The molecule has 3 rings (SSSR count). The van der Waals surface area contributed by atoms with Crippen LogP contribution in [0.3, 0.4) is 0 Å². The van der Waals surface area contributed by atoms with Gasteiger partial charge in [0.2, 0.25) is 0 Å². The smallest absolute Gasteiger partial charge is 0.192 e. The van der Waals surface area contributed by atoms with Crippen molar-refractivity contribution in [2.75, 3.05) is 0 Å². The molecule has 0 aliphatic heterocycles. The molecule has 1 aromatic heterocycles. The Bertz CT molecular complexity index is 571. The van der Waals surface area contributed by atoms with Crippen molar-refractivity contribution < 1.29 is 0 Å². The molecule has 0 aromatic carbocycles. The second-order valence-electron chi connectivity index (χ2n) is 7.78. The zero-order valence-electron chi connectivity index (χ0n) is 16.5. The summed E-state index contributed by atoms with van der Waals surface area (Å²) in [4.78, 5) is 4.84. The van der Waals surface area contributed by atoms with Gasteiger partial charge in [0.15, 0.2) is 11.8 Å². The minimum Gasteiger partial charge on any atom is -0.354 e. The molecule has 2 aliphatic carbocycles. The molecule has 0 unspecified atom stereocenters. The van der Waals surface area contributed by atoms with Crippen LogP contribution in [-0.4, -0.2) is 32.8 Å². The standard InChI is InChI=1S/C19H34N6.HI/c1-4-15-9-11-17(12-10-15)22-19(21-16-7-5-6-8-16)20-13-18-24-23-14(2)25(18)3;/h15-17H,4-13H2,1-3H3,(H2,20,21,22);1H. The van der Waals surface area contributed by atoms with E-state index >= 15 is 0 Å². The van der Waals surface area contributed by atoms with E-state index in [4.69, 9.17) is 4.99 Å². The SMILES string of the molecule is CCC1CCC(NC(=NCc2nnc(C)n2C)NC2CCCC2)CC1.I. The fourth-order valence-corrected chi connectivity index (χ4v) is 4.04. The fourth-order valence-electron chi connectivity index (χ4n) is 4.04. The molecule has 7 heteroatoms. The van der Waals surface area contributed by atoms with E-state index < -0.39 is 0 Å². The number of nitrogens with zero attached hydrogens (tertiary/aromatic N) is 4. The number of nitrogens with one attached hydrogen (secondary N) is 2. The maximum atomic E-state index is 4.84. The molecular weight excluding hydrogens is 439 g/mol. The Balaban J connectivity index is 0.00000243. The van der Waals surface area contributed by atoms with Crippen LogP contribution in [0, 0.1) is 12.8 Å².